The zero-order chi connectivity index (χ0) is 35.0. The van der Waals surface area contributed by atoms with Crippen LogP contribution in [0.1, 0.15) is 148 Å². The Morgan fingerprint density at radius 2 is 1.11 bits per heavy atom. The molecule has 254 valence electrons. The zero-order valence-electron chi connectivity index (χ0n) is 30.3. The van der Waals surface area contributed by atoms with Crippen LogP contribution in [-0.2, 0) is 34.3 Å². The fourth-order valence-corrected chi connectivity index (χ4v) is 7.58. The minimum absolute atomic E-state index is 0.0331. The lowest BCUT2D eigenvalue weighted by molar-refractivity contribution is 0.0681. The maximum Gasteiger partial charge on any atom is 0.530 e. The largest absolute Gasteiger partial charge is 0.530 e. The second kappa shape index (κ2) is 13.6. The highest BCUT2D eigenvalue weighted by Crippen LogP contribution is 2.58. The Bertz CT molecular complexity index is 1250. The first kappa shape index (κ1) is 40.3. The summed E-state index contributed by atoms with van der Waals surface area (Å²) in [6.07, 6.45) is -0.756. The molecule has 1 aromatic carbocycles. The smallest absolute Gasteiger partial charge is 0.478 e. The van der Waals surface area contributed by atoms with Gasteiger partial charge < -0.3 is 19.2 Å². The highest BCUT2D eigenvalue weighted by molar-refractivity contribution is 7.49. The number of benzene rings is 1. The van der Waals surface area contributed by atoms with Crippen molar-refractivity contribution < 1.29 is 42.4 Å². The predicted molar refractivity (Wildman–Crippen MR) is 179 cm³/mol. The van der Waals surface area contributed by atoms with Crippen LogP contribution < -0.4 is 4.52 Å². The Labute approximate surface area is 267 Å². The van der Waals surface area contributed by atoms with Gasteiger partial charge in [0.1, 0.15) is 5.75 Å². The van der Waals surface area contributed by atoms with Crippen LogP contribution in [0.4, 0.5) is 0 Å². The lowest BCUT2D eigenvalue weighted by Gasteiger charge is -2.40. The Morgan fingerprint density at radius 3 is 1.43 bits per heavy atom. The molecule has 0 bridgehead atoms. The van der Waals surface area contributed by atoms with Crippen LogP contribution in [0.5, 0.6) is 5.75 Å². The van der Waals surface area contributed by atoms with Crippen LogP contribution >= 0.6 is 7.82 Å². The second-order valence-electron chi connectivity index (χ2n) is 16.4. The molecule has 0 aliphatic rings. The van der Waals surface area contributed by atoms with Gasteiger partial charge in [0.25, 0.3) is 0 Å². The maximum atomic E-state index is 14.3. The van der Waals surface area contributed by atoms with E-state index in [0.29, 0.717) is 13.0 Å². The Morgan fingerprint density at radius 1 is 0.727 bits per heavy atom. The third-order valence-corrected chi connectivity index (χ3v) is 14.2. The van der Waals surface area contributed by atoms with Gasteiger partial charge in [-0.25, -0.2) is 14.2 Å². The number of carbonyl (C=O) groups is 2. The molecule has 9 nitrogen and oxygen atoms in total. The van der Waals surface area contributed by atoms with Gasteiger partial charge in [-0.15, -0.1) is 0 Å². The van der Waals surface area contributed by atoms with Gasteiger partial charge in [0.2, 0.25) is 0 Å². The van der Waals surface area contributed by atoms with Crippen molar-refractivity contribution in [3.8, 4) is 5.75 Å². The molecule has 0 amide bonds. The lowest BCUT2D eigenvalue weighted by Crippen LogP contribution is -2.42. The Balaban J connectivity index is 4.47. The van der Waals surface area contributed by atoms with Crippen molar-refractivity contribution >= 4 is 28.1 Å². The number of carboxylic acid groups (broad SMARTS) is 2. The molecule has 0 saturated carbocycles. The molecule has 0 aromatic heterocycles. The highest BCUT2D eigenvalue weighted by atomic mass is 31.2. The van der Waals surface area contributed by atoms with Crippen molar-refractivity contribution in [3.63, 3.8) is 0 Å². The minimum atomic E-state index is -4.39. The van der Waals surface area contributed by atoms with E-state index in [1.807, 2.05) is 34.6 Å². The van der Waals surface area contributed by atoms with E-state index < -0.39 is 56.5 Å². The van der Waals surface area contributed by atoms with Crippen LogP contribution in [0.2, 0.25) is 18.1 Å². The minimum Gasteiger partial charge on any atom is -0.478 e. The van der Waals surface area contributed by atoms with Crippen molar-refractivity contribution in [2.45, 2.75) is 157 Å². The number of aromatic carboxylic acids is 2. The molecule has 0 unspecified atom stereocenters. The molecule has 0 fully saturated rings. The van der Waals surface area contributed by atoms with Crippen LogP contribution in [0.15, 0.2) is 0 Å². The topological polar surface area (TPSA) is 129 Å². The van der Waals surface area contributed by atoms with E-state index in [4.69, 9.17) is 18.0 Å². The van der Waals surface area contributed by atoms with Gasteiger partial charge in [0.05, 0.1) is 23.3 Å². The molecule has 2 N–H and O–H groups in total. The van der Waals surface area contributed by atoms with Crippen molar-refractivity contribution in [2.75, 3.05) is 6.61 Å². The summed E-state index contributed by atoms with van der Waals surface area (Å²) >= 11 is 0. The van der Waals surface area contributed by atoms with Crippen molar-refractivity contribution in [1.29, 1.82) is 0 Å². The summed E-state index contributed by atoms with van der Waals surface area (Å²) in [6, 6.07) is 0. The monoisotopic (exact) mass is 658 g/mol. The van der Waals surface area contributed by atoms with Gasteiger partial charge >= 0.3 is 19.8 Å². The van der Waals surface area contributed by atoms with Crippen molar-refractivity contribution in [2.24, 2.45) is 0 Å². The molecule has 0 radical (unpaired) electrons. The Kier molecular flexibility index (Phi) is 12.4. The van der Waals surface area contributed by atoms with E-state index in [9.17, 15) is 24.4 Å². The molecule has 44 heavy (non-hydrogen) atoms. The highest BCUT2D eigenvalue weighted by Gasteiger charge is 2.46. The summed E-state index contributed by atoms with van der Waals surface area (Å²) < 4.78 is 38.6. The van der Waals surface area contributed by atoms with Gasteiger partial charge in [-0.05, 0) is 74.1 Å². The van der Waals surface area contributed by atoms with E-state index in [1.165, 1.54) is 0 Å². The summed E-state index contributed by atoms with van der Waals surface area (Å²) in [4.78, 5) is 26.4. The summed E-state index contributed by atoms with van der Waals surface area (Å²) in [5.74, 6) is -2.70. The normalized spacial score (nSPS) is 14.0. The number of phosphoric acid groups is 1. The average molecular weight is 659 g/mol. The summed E-state index contributed by atoms with van der Waals surface area (Å²) in [6.45, 7) is 32.4. The summed E-state index contributed by atoms with van der Waals surface area (Å²) in [5, 5.41) is 21.5. The molecular weight excluding hydrogens is 599 g/mol. The first-order valence-corrected chi connectivity index (χ1v) is 19.8. The molecule has 0 heterocycles. The van der Waals surface area contributed by atoms with Gasteiger partial charge in [-0.2, -0.15) is 0 Å². The van der Waals surface area contributed by atoms with E-state index in [0.717, 1.165) is 0 Å². The molecule has 0 atom stereocenters. The third-order valence-electron chi connectivity index (χ3n) is 7.94. The molecule has 0 saturated heterocycles. The fraction of sp³-hybridized carbons (Fsp3) is 0.758. The number of hydrogen-bond donors (Lipinski definition) is 2. The van der Waals surface area contributed by atoms with Gasteiger partial charge in [0, 0.05) is 17.7 Å². The van der Waals surface area contributed by atoms with Crippen molar-refractivity contribution in [1.82, 2.24) is 0 Å². The molecule has 0 aliphatic heterocycles. The maximum absolute atomic E-state index is 14.3. The number of phosphoric ester groups is 1. The van der Waals surface area contributed by atoms with Crippen LogP contribution in [0.25, 0.3) is 0 Å². The Hall–Kier alpha value is -1.71. The zero-order valence-corrected chi connectivity index (χ0v) is 32.2. The first-order chi connectivity index (χ1) is 19.4. The number of hydrogen-bond acceptors (Lipinski definition) is 7. The van der Waals surface area contributed by atoms with Gasteiger partial charge in [-0.1, -0.05) is 76.2 Å². The quantitative estimate of drug-likeness (QED) is 0.157. The third kappa shape index (κ3) is 9.65. The van der Waals surface area contributed by atoms with E-state index >= 15 is 0 Å². The van der Waals surface area contributed by atoms with E-state index in [2.05, 4.69) is 33.9 Å². The number of carboxylic acids is 2. The van der Waals surface area contributed by atoms with E-state index in [-0.39, 0.29) is 38.6 Å². The SMILES string of the molecule is CC(C)OP(=O)(Oc1c(C(C)(C)C)c(C(=O)O)c(C(C)(C)C)c(C(=O)O)c1C(C)(C)CCO[Si](C)(C)C(C)(C)C)OC(C)C. The molecule has 1 aromatic rings. The van der Waals surface area contributed by atoms with Crippen LogP contribution in [0.3, 0.4) is 0 Å². The number of rotatable bonds is 13. The average Bonchev–Trinajstić information content (AvgIpc) is 2.73. The van der Waals surface area contributed by atoms with Crippen molar-refractivity contribution in [3.05, 3.63) is 27.8 Å². The lowest BCUT2D eigenvalue weighted by atomic mass is 9.67. The van der Waals surface area contributed by atoms with Gasteiger partial charge in [0.15, 0.2) is 8.32 Å². The fourth-order valence-electron chi connectivity index (χ4n) is 4.96. The molecule has 11 heteroatoms. The van der Waals surface area contributed by atoms with Crippen LogP contribution in [0, 0.1) is 0 Å². The molecule has 0 aliphatic carbocycles. The molecule has 1 rings (SSSR count). The van der Waals surface area contributed by atoms with E-state index in [1.54, 1.807) is 48.5 Å². The molecular formula is C33H59O9PSi. The standard InChI is InChI=1S/C33H59O9PSi/c1-20(2)40-43(38,41-21(3)4)42-27-25(31(8,9)10)22(28(34)35)24(30(5,6)7)23(29(36)37)26(27)33(14,15)18-19-39-44(16,17)32(11,12)13/h20-21H,18-19H2,1-17H3,(H,34,35)(H,36,37). The van der Waals surface area contributed by atoms with Crippen LogP contribution in [-0.4, -0.2) is 49.3 Å². The van der Waals surface area contributed by atoms with Gasteiger partial charge in [-0.3, -0.25) is 9.05 Å². The molecule has 0 spiro atoms. The summed E-state index contributed by atoms with van der Waals surface area (Å²) in [5.41, 5.74) is -2.45. The first-order valence-electron chi connectivity index (χ1n) is 15.4. The summed E-state index contributed by atoms with van der Waals surface area (Å²) in [7, 11) is -6.53. The predicted octanol–water partition coefficient (Wildman–Crippen LogP) is 9.70. The second-order valence-corrected chi connectivity index (χ2v) is 22.7.